The summed E-state index contributed by atoms with van der Waals surface area (Å²) in [5.74, 6) is -0.0947. The van der Waals surface area contributed by atoms with Gasteiger partial charge in [-0.3, -0.25) is 9.36 Å². The van der Waals surface area contributed by atoms with Crippen LogP contribution in [0, 0.1) is 0 Å². The van der Waals surface area contributed by atoms with Crippen molar-refractivity contribution in [2.45, 2.75) is 6.92 Å². The summed E-state index contributed by atoms with van der Waals surface area (Å²) >= 11 is 0. The minimum absolute atomic E-state index is 0.0451. The quantitative estimate of drug-likeness (QED) is 0.566. The number of ketones is 1. The van der Waals surface area contributed by atoms with Crippen LogP contribution in [-0.4, -0.2) is 25.7 Å². The van der Waals surface area contributed by atoms with Gasteiger partial charge in [0.05, 0.1) is 6.16 Å². The Morgan fingerprint density at radius 3 is 2.22 bits per heavy atom. The molecule has 0 spiro atoms. The van der Waals surface area contributed by atoms with Crippen LogP contribution in [0.1, 0.15) is 6.92 Å². The lowest BCUT2D eigenvalue weighted by Crippen LogP contribution is -1.99. The van der Waals surface area contributed by atoms with Gasteiger partial charge in [-0.2, -0.15) is 0 Å². The number of Topliss-reactive ketones (excluding diaryl/α,β-unsaturated/α-hetero) is 1. The molecule has 0 aromatic rings. The number of rotatable bonds is 3. The van der Waals surface area contributed by atoms with Crippen molar-refractivity contribution in [3.63, 3.8) is 0 Å². The van der Waals surface area contributed by atoms with Crippen molar-refractivity contribution in [1.29, 1.82) is 0 Å². The Kier molecular flexibility index (Phi) is 3.09. The number of hydrogen-bond acceptors (Lipinski definition) is 3. The van der Waals surface area contributed by atoms with Crippen LogP contribution >= 0.6 is 7.37 Å². The van der Waals surface area contributed by atoms with Gasteiger partial charge in [-0.25, -0.2) is 0 Å². The van der Waals surface area contributed by atoms with E-state index in [4.69, 9.17) is 0 Å². The van der Waals surface area contributed by atoms with Gasteiger partial charge in [-0.1, -0.05) is 0 Å². The highest BCUT2D eigenvalue weighted by atomic mass is 31.2. The molecule has 54 valence electrons. The molecule has 0 amide bonds. The fraction of sp³-hybridized carbons (Fsp3) is 0.800. The van der Waals surface area contributed by atoms with Gasteiger partial charge < -0.3 is 4.52 Å². The van der Waals surface area contributed by atoms with Crippen LogP contribution in [0.2, 0.25) is 0 Å². The van der Waals surface area contributed by atoms with Crippen molar-refractivity contribution >= 4 is 13.2 Å². The molecule has 0 aliphatic rings. The number of carbonyl (C=O) groups excluding carboxylic acids is 1. The molecule has 0 saturated heterocycles. The topological polar surface area (TPSA) is 43.4 Å². The molecular formula is C5H11O3P. The van der Waals surface area contributed by atoms with Gasteiger partial charge in [0.25, 0.3) is 0 Å². The highest BCUT2D eigenvalue weighted by Gasteiger charge is 2.15. The molecule has 0 aromatic heterocycles. The molecule has 3 nitrogen and oxygen atoms in total. The van der Waals surface area contributed by atoms with Crippen LogP contribution in [0.5, 0.6) is 0 Å². The summed E-state index contributed by atoms with van der Waals surface area (Å²) in [6.07, 6.45) is 0.0451. The van der Waals surface area contributed by atoms with Crippen LogP contribution in [0.25, 0.3) is 0 Å². The molecule has 0 N–H and O–H groups in total. The lowest BCUT2D eigenvalue weighted by atomic mass is 10.5. The Hall–Kier alpha value is -0.140. The van der Waals surface area contributed by atoms with E-state index in [2.05, 4.69) is 4.52 Å². The molecule has 4 heteroatoms. The normalized spacial score (nSPS) is 16.8. The van der Waals surface area contributed by atoms with Gasteiger partial charge in [-0.05, 0) is 6.92 Å². The maximum Gasteiger partial charge on any atom is 0.207 e. The molecule has 1 atom stereocenters. The molecule has 0 fully saturated rings. The third kappa shape index (κ3) is 4.37. The van der Waals surface area contributed by atoms with E-state index < -0.39 is 7.37 Å². The van der Waals surface area contributed by atoms with Crippen LogP contribution in [0.3, 0.4) is 0 Å². The van der Waals surface area contributed by atoms with Gasteiger partial charge in [0.2, 0.25) is 7.37 Å². The second-order valence-electron chi connectivity index (χ2n) is 2.06. The van der Waals surface area contributed by atoms with Gasteiger partial charge >= 0.3 is 0 Å². The molecular weight excluding hydrogens is 139 g/mol. The predicted octanol–water partition coefficient (Wildman–Crippen LogP) is 1.13. The highest BCUT2D eigenvalue weighted by molar-refractivity contribution is 7.59. The Balaban J connectivity index is 3.88. The van der Waals surface area contributed by atoms with Gasteiger partial charge in [0, 0.05) is 13.8 Å². The van der Waals surface area contributed by atoms with Gasteiger partial charge in [-0.15, -0.1) is 0 Å². The second kappa shape index (κ2) is 3.14. The van der Waals surface area contributed by atoms with E-state index in [9.17, 15) is 9.36 Å². The second-order valence-corrected chi connectivity index (χ2v) is 4.77. The van der Waals surface area contributed by atoms with Crippen molar-refractivity contribution in [1.82, 2.24) is 0 Å². The fourth-order valence-electron chi connectivity index (χ4n) is 0.469. The van der Waals surface area contributed by atoms with Crippen molar-refractivity contribution in [2.75, 3.05) is 19.9 Å². The lowest BCUT2D eigenvalue weighted by Gasteiger charge is -2.06. The van der Waals surface area contributed by atoms with E-state index >= 15 is 0 Å². The zero-order valence-electron chi connectivity index (χ0n) is 5.88. The molecule has 0 aromatic carbocycles. The Labute approximate surface area is 54.9 Å². The summed E-state index contributed by atoms with van der Waals surface area (Å²) in [5, 5.41) is 0. The maximum atomic E-state index is 11.0. The molecule has 0 aliphatic carbocycles. The van der Waals surface area contributed by atoms with E-state index in [1.807, 2.05) is 0 Å². The first-order chi connectivity index (χ1) is 3.98. The van der Waals surface area contributed by atoms with Crippen LogP contribution < -0.4 is 0 Å². The molecule has 9 heavy (non-hydrogen) atoms. The minimum atomic E-state index is -2.58. The Bertz CT molecular complexity index is 152. The van der Waals surface area contributed by atoms with E-state index in [1.165, 1.54) is 20.7 Å². The summed E-state index contributed by atoms with van der Waals surface area (Å²) in [4.78, 5) is 10.4. The third-order valence-corrected chi connectivity index (χ3v) is 2.69. The third-order valence-electron chi connectivity index (χ3n) is 0.896. The van der Waals surface area contributed by atoms with Crippen molar-refractivity contribution < 1.29 is 13.9 Å². The molecule has 0 rings (SSSR count). The van der Waals surface area contributed by atoms with Crippen molar-refractivity contribution in [2.24, 2.45) is 0 Å². The van der Waals surface area contributed by atoms with E-state index in [1.54, 1.807) is 0 Å². The summed E-state index contributed by atoms with van der Waals surface area (Å²) in [6.45, 7) is 2.85. The van der Waals surface area contributed by atoms with Crippen LogP contribution in [-0.2, 0) is 13.9 Å². The zero-order valence-corrected chi connectivity index (χ0v) is 6.77. The van der Waals surface area contributed by atoms with E-state index in [0.717, 1.165) is 0 Å². The Morgan fingerprint density at radius 2 is 2.11 bits per heavy atom. The predicted molar refractivity (Wildman–Crippen MR) is 36.1 cm³/mol. The zero-order chi connectivity index (χ0) is 7.49. The first kappa shape index (κ1) is 8.86. The largest absolute Gasteiger partial charge is 0.332 e. The van der Waals surface area contributed by atoms with Crippen LogP contribution in [0.4, 0.5) is 0 Å². The van der Waals surface area contributed by atoms with Crippen molar-refractivity contribution in [3.8, 4) is 0 Å². The highest BCUT2D eigenvalue weighted by Crippen LogP contribution is 2.40. The summed E-state index contributed by atoms with van der Waals surface area (Å²) < 4.78 is 15.5. The summed E-state index contributed by atoms with van der Waals surface area (Å²) in [6, 6.07) is 0. The average Bonchev–Trinajstić information content (AvgIpc) is 1.63. The summed E-state index contributed by atoms with van der Waals surface area (Å²) in [5.41, 5.74) is 0. The van der Waals surface area contributed by atoms with Gasteiger partial charge in [0.1, 0.15) is 5.78 Å². The first-order valence-corrected chi connectivity index (χ1v) is 4.85. The minimum Gasteiger partial charge on any atom is -0.332 e. The lowest BCUT2D eigenvalue weighted by molar-refractivity contribution is -0.114. The summed E-state index contributed by atoms with van der Waals surface area (Å²) in [7, 11) is -1.23. The SMILES string of the molecule is COP(C)(=O)CC(C)=O. The molecule has 0 heterocycles. The van der Waals surface area contributed by atoms with E-state index in [0.29, 0.717) is 0 Å². The van der Waals surface area contributed by atoms with Crippen LogP contribution in [0.15, 0.2) is 0 Å². The van der Waals surface area contributed by atoms with Gasteiger partial charge in [0.15, 0.2) is 0 Å². The molecule has 0 saturated carbocycles. The molecule has 0 aliphatic heterocycles. The smallest absolute Gasteiger partial charge is 0.207 e. The monoisotopic (exact) mass is 150 g/mol. The first-order valence-electron chi connectivity index (χ1n) is 2.59. The van der Waals surface area contributed by atoms with Crippen molar-refractivity contribution in [3.05, 3.63) is 0 Å². The standard InChI is InChI=1S/C5H11O3P/c1-5(6)4-9(3,7)8-2/h4H2,1-3H3. The van der Waals surface area contributed by atoms with E-state index in [-0.39, 0.29) is 11.9 Å². The molecule has 0 bridgehead atoms. The molecule has 1 unspecified atom stereocenters. The number of hydrogen-bond donors (Lipinski definition) is 0. The average molecular weight is 150 g/mol. The number of carbonyl (C=O) groups is 1. The Morgan fingerprint density at radius 1 is 1.67 bits per heavy atom. The maximum absolute atomic E-state index is 11.0. The molecule has 0 radical (unpaired) electrons. The fourth-order valence-corrected chi connectivity index (χ4v) is 1.41.